The lowest BCUT2D eigenvalue weighted by molar-refractivity contribution is 0.181. The van der Waals surface area contributed by atoms with Crippen molar-refractivity contribution < 1.29 is 9.84 Å². The highest BCUT2D eigenvalue weighted by Crippen LogP contribution is 2.39. The number of aromatic nitrogens is 4. The first kappa shape index (κ1) is 21.6. The van der Waals surface area contributed by atoms with E-state index >= 15 is 0 Å². The van der Waals surface area contributed by atoms with Crippen molar-refractivity contribution >= 4 is 16.6 Å². The fraction of sp³-hybridized carbons (Fsp3) is 0.103. The third-order valence-electron chi connectivity index (χ3n) is 6.47. The van der Waals surface area contributed by atoms with Crippen molar-refractivity contribution in [3.8, 4) is 28.8 Å². The zero-order chi connectivity index (χ0) is 24.6. The highest BCUT2D eigenvalue weighted by molar-refractivity contribution is 5.92. The summed E-state index contributed by atoms with van der Waals surface area (Å²) < 4.78 is 8.29. The van der Waals surface area contributed by atoms with Crippen LogP contribution in [0.1, 0.15) is 29.7 Å². The Bertz CT molecular complexity index is 1670. The molecule has 2 unspecified atom stereocenters. The number of fused-ring (bicyclic) bond motifs is 2. The Morgan fingerprint density at radius 2 is 1.83 bits per heavy atom. The molecule has 7 heteroatoms. The van der Waals surface area contributed by atoms with Gasteiger partial charge in [-0.2, -0.15) is 10.4 Å². The van der Waals surface area contributed by atoms with E-state index < -0.39 is 0 Å². The summed E-state index contributed by atoms with van der Waals surface area (Å²) in [6.07, 6.45) is 5.00. The van der Waals surface area contributed by atoms with Crippen LogP contribution in [0.3, 0.4) is 0 Å². The van der Waals surface area contributed by atoms with E-state index in [1.54, 1.807) is 18.3 Å². The van der Waals surface area contributed by atoms with Gasteiger partial charge in [-0.15, -0.1) is 0 Å². The molecule has 3 aromatic carbocycles. The minimum Gasteiger partial charge on any atom is -0.508 e. The van der Waals surface area contributed by atoms with E-state index in [9.17, 15) is 10.4 Å². The summed E-state index contributed by atoms with van der Waals surface area (Å²) >= 11 is 0. The first-order valence-corrected chi connectivity index (χ1v) is 11.6. The predicted octanol–water partition coefficient (Wildman–Crippen LogP) is 5.52. The normalized spacial score (nSPS) is 15.4. The van der Waals surface area contributed by atoms with Crippen LogP contribution in [0.2, 0.25) is 0 Å². The Labute approximate surface area is 207 Å². The number of para-hydroxylation sites is 1. The number of hydrogen-bond acceptors (Lipinski definition) is 6. The molecule has 0 fully saturated rings. The van der Waals surface area contributed by atoms with Gasteiger partial charge in [-0.25, -0.2) is 14.6 Å². The van der Waals surface area contributed by atoms with Gasteiger partial charge in [-0.05, 0) is 48.4 Å². The zero-order valence-corrected chi connectivity index (χ0v) is 19.4. The minimum absolute atomic E-state index is 0.0245. The van der Waals surface area contributed by atoms with E-state index in [-0.39, 0.29) is 17.9 Å². The molecule has 0 amide bonds. The molecule has 7 nitrogen and oxygen atoms in total. The number of phenols is 1. The molecule has 36 heavy (non-hydrogen) atoms. The Morgan fingerprint density at radius 3 is 2.67 bits per heavy atom. The number of phenolic OH excluding ortho intramolecular Hbond substituents is 1. The molecule has 6 rings (SSSR count). The second kappa shape index (κ2) is 8.67. The lowest BCUT2D eigenvalue weighted by atomic mass is 9.92. The highest BCUT2D eigenvalue weighted by Gasteiger charge is 2.29. The number of hydrogen-bond donors (Lipinski definition) is 1. The summed E-state index contributed by atoms with van der Waals surface area (Å²) in [6, 6.07) is 24.9. The molecular formula is C29H21N5O2. The fourth-order valence-corrected chi connectivity index (χ4v) is 4.67. The van der Waals surface area contributed by atoms with Gasteiger partial charge in [0.05, 0.1) is 23.1 Å². The standard InChI is InChI=1S/C29H21N5O2/c1-18(27-14-24(19-7-3-2-4-8-19)23-9-5-6-10-26(23)36-27)34-29-25(16-31-17-32-29)28(33-34)22-12-11-21(35)13-20(22)15-30/h2-14,16-18,27,35H,1H3. The van der Waals surface area contributed by atoms with Gasteiger partial charge in [0.2, 0.25) is 0 Å². The summed E-state index contributed by atoms with van der Waals surface area (Å²) in [5.74, 6) is 0.837. The van der Waals surface area contributed by atoms with Crippen molar-refractivity contribution in [1.29, 1.82) is 5.26 Å². The first-order chi connectivity index (χ1) is 17.6. The van der Waals surface area contributed by atoms with E-state index in [1.165, 1.54) is 12.4 Å². The van der Waals surface area contributed by atoms with Crippen molar-refractivity contribution in [2.24, 2.45) is 0 Å². The second-order valence-electron chi connectivity index (χ2n) is 8.66. The maximum absolute atomic E-state index is 9.87. The summed E-state index contributed by atoms with van der Waals surface area (Å²) in [5, 5.41) is 25.2. The molecule has 0 aliphatic carbocycles. The van der Waals surface area contributed by atoms with E-state index in [0.29, 0.717) is 22.5 Å². The summed E-state index contributed by atoms with van der Waals surface area (Å²) in [4.78, 5) is 8.72. The second-order valence-corrected chi connectivity index (χ2v) is 8.66. The van der Waals surface area contributed by atoms with Crippen LogP contribution in [0, 0.1) is 11.3 Å². The monoisotopic (exact) mass is 471 g/mol. The maximum atomic E-state index is 9.87. The van der Waals surface area contributed by atoms with Crippen LogP contribution in [0.25, 0.3) is 27.9 Å². The van der Waals surface area contributed by atoms with Gasteiger partial charge >= 0.3 is 0 Å². The molecular weight excluding hydrogens is 450 g/mol. The van der Waals surface area contributed by atoms with Gasteiger partial charge in [0, 0.05) is 17.3 Å². The van der Waals surface area contributed by atoms with Gasteiger partial charge in [-0.3, -0.25) is 0 Å². The summed E-state index contributed by atoms with van der Waals surface area (Å²) in [7, 11) is 0. The molecule has 3 heterocycles. The molecule has 5 aromatic rings. The van der Waals surface area contributed by atoms with Crippen molar-refractivity contribution in [3.63, 3.8) is 0 Å². The van der Waals surface area contributed by atoms with E-state index in [0.717, 1.165) is 27.8 Å². The molecule has 0 spiro atoms. The van der Waals surface area contributed by atoms with Crippen LogP contribution in [0.5, 0.6) is 11.5 Å². The van der Waals surface area contributed by atoms with Gasteiger partial charge in [0.1, 0.15) is 29.6 Å². The number of ether oxygens (including phenoxy) is 1. The Kier molecular flexibility index (Phi) is 5.20. The molecule has 1 aliphatic rings. The van der Waals surface area contributed by atoms with Gasteiger partial charge < -0.3 is 9.84 Å². The van der Waals surface area contributed by atoms with Gasteiger partial charge in [0.15, 0.2) is 5.65 Å². The van der Waals surface area contributed by atoms with Gasteiger partial charge in [-0.1, -0.05) is 48.5 Å². The molecule has 174 valence electrons. The Morgan fingerprint density at radius 1 is 1.03 bits per heavy atom. The molecule has 0 saturated carbocycles. The van der Waals surface area contributed by atoms with E-state index in [2.05, 4.69) is 40.3 Å². The van der Waals surface area contributed by atoms with Crippen molar-refractivity contribution in [1.82, 2.24) is 19.7 Å². The molecule has 2 aromatic heterocycles. The maximum Gasteiger partial charge on any atom is 0.162 e. The van der Waals surface area contributed by atoms with E-state index in [4.69, 9.17) is 9.84 Å². The summed E-state index contributed by atoms with van der Waals surface area (Å²) in [6.45, 7) is 2.04. The van der Waals surface area contributed by atoms with Crippen LogP contribution in [0.4, 0.5) is 0 Å². The number of benzene rings is 3. The van der Waals surface area contributed by atoms with Crippen LogP contribution in [-0.2, 0) is 0 Å². The fourth-order valence-electron chi connectivity index (χ4n) is 4.67. The Balaban J connectivity index is 1.49. The van der Waals surface area contributed by atoms with Crippen LogP contribution >= 0.6 is 0 Å². The topological polar surface area (TPSA) is 96.8 Å². The molecule has 2 atom stereocenters. The average molecular weight is 472 g/mol. The van der Waals surface area contributed by atoms with E-state index in [1.807, 2.05) is 48.0 Å². The van der Waals surface area contributed by atoms with Crippen LogP contribution in [0.15, 0.2) is 91.4 Å². The average Bonchev–Trinajstić information content (AvgIpc) is 3.32. The van der Waals surface area contributed by atoms with Crippen molar-refractivity contribution in [2.45, 2.75) is 19.1 Å². The highest BCUT2D eigenvalue weighted by atomic mass is 16.5. The number of aromatic hydroxyl groups is 1. The Hall–Kier alpha value is -4.96. The lowest BCUT2D eigenvalue weighted by Gasteiger charge is -2.30. The molecule has 0 saturated heterocycles. The molecule has 0 radical (unpaired) electrons. The number of nitriles is 1. The van der Waals surface area contributed by atoms with Crippen molar-refractivity contribution in [2.75, 3.05) is 0 Å². The molecule has 1 N–H and O–H groups in total. The largest absolute Gasteiger partial charge is 0.508 e. The van der Waals surface area contributed by atoms with Crippen LogP contribution < -0.4 is 4.74 Å². The number of rotatable bonds is 4. The van der Waals surface area contributed by atoms with Crippen molar-refractivity contribution in [3.05, 3.63) is 108 Å². The quantitative estimate of drug-likeness (QED) is 0.370. The SMILES string of the molecule is CC(C1C=C(c2ccccc2)c2ccccc2O1)n1nc(-c2ccc(O)cc2C#N)c2cncnc21. The lowest BCUT2D eigenvalue weighted by Crippen LogP contribution is -2.29. The zero-order valence-electron chi connectivity index (χ0n) is 19.4. The van der Waals surface area contributed by atoms with Crippen LogP contribution in [-0.4, -0.2) is 31.0 Å². The summed E-state index contributed by atoms with van der Waals surface area (Å²) in [5.41, 5.74) is 5.42. The smallest absolute Gasteiger partial charge is 0.162 e. The predicted molar refractivity (Wildman–Crippen MR) is 136 cm³/mol. The molecule has 1 aliphatic heterocycles. The minimum atomic E-state index is -0.323. The number of nitrogens with zero attached hydrogens (tertiary/aromatic N) is 5. The third kappa shape index (κ3) is 3.56. The first-order valence-electron chi connectivity index (χ1n) is 11.6. The molecule has 0 bridgehead atoms. The third-order valence-corrected chi connectivity index (χ3v) is 6.47. The van der Waals surface area contributed by atoms with Gasteiger partial charge in [0.25, 0.3) is 0 Å².